The molecule has 0 aliphatic carbocycles. The highest BCUT2D eigenvalue weighted by Crippen LogP contribution is 2.23. The van der Waals surface area contributed by atoms with Crippen molar-refractivity contribution in [3.63, 3.8) is 0 Å². The first-order chi connectivity index (χ1) is 10.2. The molecule has 0 saturated carbocycles. The van der Waals surface area contributed by atoms with Crippen molar-refractivity contribution in [2.24, 2.45) is 5.92 Å². The van der Waals surface area contributed by atoms with Gasteiger partial charge in [0.15, 0.2) is 0 Å². The number of aliphatic hydroxyl groups excluding tert-OH is 1. The standard InChI is InChI=1S/C18H35NO2/c1-3-5-7-9-11-13-16(12-10-8-6-4-2)18(21)19-14-17(20)15-19/h16-17,20H,3-15H2,1-2H3. The molecule has 0 aromatic heterocycles. The number of nitrogens with zero attached hydrogens (tertiary/aromatic N) is 1. The van der Waals surface area contributed by atoms with E-state index in [2.05, 4.69) is 13.8 Å². The zero-order valence-electron chi connectivity index (χ0n) is 14.1. The predicted molar refractivity (Wildman–Crippen MR) is 88.2 cm³/mol. The Morgan fingerprint density at radius 3 is 1.90 bits per heavy atom. The van der Waals surface area contributed by atoms with Gasteiger partial charge in [-0.05, 0) is 12.8 Å². The molecular weight excluding hydrogens is 262 g/mol. The maximum atomic E-state index is 12.5. The van der Waals surface area contributed by atoms with Gasteiger partial charge in [0.2, 0.25) is 5.91 Å². The van der Waals surface area contributed by atoms with Crippen LogP contribution < -0.4 is 0 Å². The number of carbonyl (C=O) groups excluding carboxylic acids is 1. The van der Waals surface area contributed by atoms with Crippen LogP contribution in [0.1, 0.15) is 84.5 Å². The van der Waals surface area contributed by atoms with Gasteiger partial charge in [-0.1, -0.05) is 71.6 Å². The van der Waals surface area contributed by atoms with Crippen molar-refractivity contribution >= 4 is 5.91 Å². The Hall–Kier alpha value is -0.570. The molecule has 0 spiro atoms. The number of likely N-dealkylation sites (tertiary alicyclic amines) is 1. The third-order valence-corrected chi connectivity index (χ3v) is 4.59. The summed E-state index contributed by atoms with van der Waals surface area (Å²) in [5.41, 5.74) is 0. The first-order valence-electron chi connectivity index (χ1n) is 9.15. The topological polar surface area (TPSA) is 40.5 Å². The Morgan fingerprint density at radius 2 is 1.43 bits per heavy atom. The summed E-state index contributed by atoms with van der Waals surface area (Å²) in [5, 5.41) is 9.37. The summed E-state index contributed by atoms with van der Waals surface area (Å²) < 4.78 is 0. The molecule has 1 heterocycles. The first kappa shape index (κ1) is 18.5. The summed E-state index contributed by atoms with van der Waals surface area (Å²) in [6.07, 6.45) is 13.1. The molecule has 0 radical (unpaired) electrons. The van der Waals surface area contributed by atoms with Crippen LogP contribution in [-0.4, -0.2) is 35.1 Å². The van der Waals surface area contributed by atoms with Crippen molar-refractivity contribution in [3.05, 3.63) is 0 Å². The van der Waals surface area contributed by atoms with E-state index < -0.39 is 0 Å². The fraction of sp³-hybridized carbons (Fsp3) is 0.944. The molecule has 1 aliphatic rings. The van der Waals surface area contributed by atoms with Crippen LogP contribution in [0.15, 0.2) is 0 Å². The van der Waals surface area contributed by atoms with Gasteiger partial charge in [0, 0.05) is 19.0 Å². The lowest BCUT2D eigenvalue weighted by molar-refractivity contribution is -0.146. The van der Waals surface area contributed by atoms with Crippen molar-refractivity contribution < 1.29 is 9.90 Å². The highest BCUT2D eigenvalue weighted by Gasteiger charge is 2.32. The Labute approximate surface area is 131 Å². The number of aliphatic hydroxyl groups is 1. The van der Waals surface area contributed by atoms with Gasteiger partial charge in [-0.25, -0.2) is 0 Å². The van der Waals surface area contributed by atoms with Crippen LogP contribution in [-0.2, 0) is 4.79 Å². The number of unbranched alkanes of at least 4 members (excludes halogenated alkanes) is 7. The lowest BCUT2D eigenvalue weighted by Crippen LogP contribution is -2.55. The Bertz CT molecular complexity index is 274. The lowest BCUT2D eigenvalue weighted by Gasteiger charge is -2.38. The van der Waals surface area contributed by atoms with Crippen molar-refractivity contribution in [3.8, 4) is 0 Å². The largest absolute Gasteiger partial charge is 0.389 e. The van der Waals surface area contributed by atoms with E-state index in [1.54, 1.807) is 0 Å². The monoisotopic (exact) mass is 297 g/mol. The van der Waals surface area contributed by atoms with Crippen LogP contribution in [0.25, 0.3) is 0 Å². The van der Waals surface area contributed by atoms with Gasteiger partial charge in [-0.15, -0.1) is 0 Å². The summed E-state index contributed by atoms with van der Waals surface area (Å²) in [6, 6.07) is 0. The van der Waals surface area contributed by atoms with E-state index in [0.29, 0.717) is 19.0 Å². The molecular formula is C18H35NO2. The number of hydrogen-bond donors (Lipinski definition) is 1. The van der Waals surface area contributed by atoms with Gasteiger partial charge in [0.05, 0.1) is 6.10 Å². The summed E-state index contributed by atoms with van der Waals surface area (Å²) in [7, 11) is 0. The van der Waals surface area contributed by atoms with Gasteiger partial charge in [-0.2, -0.15) is 0 Å². The summed E-state index contributed by atoms with van der Waals surface area (Å²) in [6.45, 7) is 5.56. The highest BCUT2D eigenvalue weighted by atomic mass is 16.3. The van der Waals surface area contributed by atoms with Crippen molar-refractivity contribution in [1.82, 2.24) is 4.90 Å². The van der Waals surface area contributed by atoms with Crippen LogP contribution in [0.3, 0.4) is 0 Å². The molecule has 1 rings (SSSR count). The first-order valence-corrected chi connectivity index (χ1v) is 9.15. The average Bonchev–Trinajstić information content (AvgIpc) is 2.45. The molecule has 21 heavy (non-hydrogen) atoms. The van der Waals surface area contributed by atoms with Gasteiger partial charge in [0.1, 0.15) is 0 Å². The molecule has 124 valence electrons. The Morgan fingerprint density at radius 1 is 0.952 bits per heavy atom. The Balaban J connectivity index is 2.28. The SMILES string of the molecule is CCCCCCCC(CCCCCC)C(=O)N1CC(O)C1. The second-order valence-electron chi connectivity index (χ2n) is 6.65. The number of hydrogen-bond acceptors (Lipinski definition) is 2. The van der Waals surface area contributed by atoms with E-state index in [-0.39, 0.29) is 12.0 Å². The van der Waals surface area contributed by atoms with E-state index in [1.165, 1.54) is 57.8 Å². The van der Waals surface area contributed by atoms with E-state index in [0.717, 1.165) is 12.8 Å². The van der Waals surface area contributed by atoms with E-state index in [9.17, 15) is 9.90 Å². The third kappa shape index (κ3) is 7.30. The number of rotatable bonds is 12. The lowest BCUT2D eigenvalue weighted by atomic mass is 9.92. The van der Waals surface area contributed by atoms with Crippen LogP contribution in [0.5, 0.6) is 0 Å². The molecule has 0 aromatic carbocycles. The summed E-state index contributed by atoms with van der Waals surface area (Å²) in [4.78, 5) is 14.3. The van der Waals surface area contributed by atoms with Gasteiger partial charge in [0.25, 0.3) is 0 Å². The molecule has 1 atom stereocenters. The molecule has 3 heteroatoms. The molecule has 1 amide bonds. The fourth-order valence-electron chi connectivity index (χ4n) is 3.10. The minimum absolute atomic E-state index is 0.205. The molecule has 1 aliphatic heterocycles. The highest BCUT2D eigenvalue weighted by molar-refractivity contribution is 5.79. The molecule has 3 nitrogen and oxygen atoms in total. The molecule has 1 fully saturated rings. The number of amides is 1. The maximum absolute atomic E-state index is 12.5. The quantitative estimate of drug-likeness (QED) is 0.550. The normalized spacial score (nSPS) is 16.8. The molecule has 0 bridgehead atoms. The minimum atomic E-state index is -0.278. The second-order valence-corrected chi connectivity index (χ2v) is 6.65. The van der Waals surface area contributed by atoms with Crippen LogP contribution in [0.2, 0.25) is 0 Å². The van der Waals surface area contributed by atoms with Crippen LogP contribution in [0, 0.1) is 5.92 Å². The second kappa shape index (κ2) is 11.1. The fourth-order valence-corrected chi connectivity index (χ4v) is 3.10. The zero-order valence-corrected chi connectivity index (χ0v) is 14.1. The molecule has 1 saturated heterocycles. The smallest absolute Gasteiger partial charge is 0.225 e. The third-order valence-electron chi connectivity index (χ3n) is 4.59. The zero-order chi connectivity index (χ0) is 15.5. The molecule has 1 N–H and O–H groups in total. The van der Waals surface area contributed by atoms with Crippen molar-refractivity contribution in [2.45, 2.75) is 90.6 Å². The Kier molecular flexibility index (Phi) is 9.73. The summed E-state index contributed by atoms with van der Waals surface area (Å²) in [5.74, 6) is 0.503. The van der Waals surface area contributed by atoms with E-state index in [4.69, 9.17) is 0 Å². The van der Waals surface area contributed by atoms with Gasteiger partial charge >= 0.3 is 0 Å². The van der Waals surface area contributed by atoms with Gasteiger partial charge < -0.3 is 10.0 Å². The maximum Gasteiger partial charge on any atom is 0.225 e. The average molecular weight is 297 g/mol. The molecule has 1 unspecified atom stereocenters. The van der Waals surface area contributed by atoms with E-state index in [1.807, 2.05) is 4.90 Å². The molecule has 0 aromatic rings. The minimum Gasteiger partial charge on any atom is -0.389 e. The van der Waals surface area contributed by atoms with E-state index >= 15 is 0 Å². The van der Waals surface area contributed by atoms with Crippen molar-refractivity contribution in [2.75, 3.05) is 13.1 Å². The predicted octanol–water partition coefficient (Wildman–Crippen LogP) is 4.14. The van der Waals surface area contributed by atoms with Crippen molar-refractivity contribution in [1.29, 1.82) is 0 Å². The van der Waals surface area contributed by atoms with Crippen LogP contribution in [0.4, 0.5) is 0 Å². The number of β-amino-alcohol motifs (C(OH)–C–C–N with tert-alkyl or cyclic N) is 1. The van der Waals surface area contributed by atoms with Crippen LogP contribution >= 0.6 is 0 Å². The van der Waals surface area contributed by atoms with Gasteiger partial charge in [-0.3, -0.25) is 4.79 Å². The summed E-state index contributed by atoms with van der Waals surface area (Å²) >= 11 is 0. The number of carbonyl (C=O) groups is 1.